The Kier molecular flexibility index (Phi) is 2.79. The van der Waals surface area contributed by atoms with E-state index in [2.05, 4.69) is 23.8 Å². The van der Waals surface area contributed by atoms with Crippen LogP contribution in [-0.2, 0) is 7.05 Å². The Balaban J connectivity index is 2.13. The second-order valence-corrected chi connectivity index (χ2v) is 5.15. The molecule has 1 fully saturated rings. The number of hydrogen-bond donors (Lipinski definition) is 0. The Labute approximate surface area is 107 Å². The van der Waals surface area contributed by atoms with E-state index in [1.807, 2.05) is 12.1 Å². The van der Waals surface area contributed by atoms with Crippen LogP contribution in [0.1, 0.15) is 49.4 Å². The van der Waals surface area contributed by atoms with Crippen LogP contribution in [0, 0.1) is 11.3 Å². The topological polar surface area (TPSA) is 41.6 Å². The van der Waals surface area contributed by atoms with E-state index in [1.54, 1.807) is 0 Å². The Bertz CT molecular complexity index is 612. The zero-order chi connectivity index (χ0) is 12.5. The average Bonchev–Trinajstić information content (AvgIpc) is 2.77. The van der Waals surface area contributed by atoms with Gasteiger partial charge in [0.1, 0.15) is 17.4 Å². The molecule has 0 atom stereocenters. The summed E-state index contributed by atoms with van der Waals surface area (Å²) in [5.41, 5.74) is 2.63. The van der Waals surface area contributed by atoms with E-state index in [1.165, 1.54) is 32.1 Å². The van der Waals surface area contributed by atoms with E-state index in [9.17, 15) is 0 Å². The minimum atomic E-state index is 0.572. The highest BCUT2D eigenvalue weighted by Gasteiger charge is 2.21. The van der Waals surface area contributed by atoms with Crippen LogP contribution in [0.15, 0.2) is 18.2 Å². The summed E-state index contributed by atoms with van der Waals surface area (Å²) in [5, 5.41) is 9.15. The summed E-state index contributed by atoms with van der Waals surface area (Å²) in [4.78, 5) is 4.75. The van der Waals surface area contributed by atoms with E-state index in [-0.39, 0.29) is 0 Å². The molecule has 3 rings (SSSR count). The van der Waals surface area contributed by atoms with E-state index in [0.717, 1.165) is 16.9 Å². The average molecular weight is 239 g/mol. The summed E-state index contributed by atoms with van der Waals surface area (Å²) >= 11 is 0. The summed E-state index contributed by atoms with van der Waals surface area (Å²) in [5.74, 6) is 1.73. The van der Waals surface area contributed by atoms with Crippen molar-refractivity contribution in [3.63, 3.8) is 0 Å². The van der Waals surface area contributed by atoms with E-state index < -0.39 is 0 Å². The predicted octanol–water partition coefficient (Wildman–Crippen LogP) is 3.49. The summed E-state index contributed by atoms with van der Waals surface area (Å²) in [6.07, 6.45) is 6.43. The van der Waals surface area contributed by atoms with Crippen LogP contribution in [0.25, 0.3) is 11.0 Å². The molecule has 0 N–H and O–H groups in total. The maximum atomic E-state index is 9.15. The van der Waals surface area contributed by atoms with Crippen molar-refractivity contribution in [1.29, 1.82) is 5.26 Å². The molecule has 0 spiro atoms. The van der Waals surface area contributed by atoms with Gasteiger partial charge in [-0.1, -0.05) is 25.3 Å². The first-order valence-corrected chi connectivity index (χ1v) is 6.66. The van der Waals surface area contributed by atoms with Gasteiger partial charge in [0, 0.05) is 13.0 Å². The molecule has 1 aliphatic rings. The van der Waals surface area contributed by atoms with Gasteiger partial charge in [-0.05, 0) is 25.0 Å². The number of benzene rings is 1. The molecule has 1 aromatic carbocycles. The van der Waals surface area contributed by atoms with Crippen molar-refractivity contribution in [2.24, 2.45) is 7.05 Å². The fourth-order valence-corrected chi connectivity index (χ4v) is 3.05. The summed E-state index contributed by atoms with van der Waals surface area (Å²) in [6, 6.07) is 8.07. The molecular weight excluding hydrogens is 222 g/mol. The van der Waals surface area contributed by atoms with Gasteiger partial charge in [0.25, 0.3) is 0 Å². The summed E-state index contributed by atoms with van der Waals surface area (Å²) < 4.78 is 2.17. The maximum Gasteiger partial charge on any atom is 0.112 e. The van der Waals surface area contributed by atoms with Crippen LogP contribution in [-0.4, -0.2) is 9.55 Å². The molecule has 92 valence electrons. The molecule has 3 heteroatoms. The molecule has 0 amide bonds. The van der Waals surface area contributed by atoms with Gasteiger partial charge in [-0.2, -0.15) is 5.26 Å². The predicted molar refractivity (Wildman–Crippen MR) is 71.3 cm³/mol. The van der Waals surface area contributed by atoms with Crippen molar-refractivity contribution in [3.8, 4) is 6.07 Å². The number of aromatic nitrogens is 2. The number of rotatable bonds is 1. The van der Waals surface area contributed by atoms with Crippen molar-refractivity contribution in [2.45, 2.75) is 38.0 Å². The number of para-hydroxylation sites is 1. The lowest BCUT2D eigenvalue weighted by atomic mass is 9.89. The normalized spacial score (nSPS) is 16.9. The third kappa shape index (κ3) is 1.69. The molecule has 0 unspecified atom stereocenters. The highest BCUT2D eigenvalue weighted by molar-refractivity contribution is 5.82. The van der Waals surface area contributed by atoms with Gasteiger partial charge in [0.2, 0.25) is 0 Å². The molecule has 1 aromatic heterocycles. The maximum absolute atomic E-state index is 9.15. The fourth-order valence-electron chi connectivity index (χ4n) is 3.05. The largest absolute Gasteiger partial charge is 0.331 e. The van der Waals surface area contributed by atoms with Crippen molar-refractivity contribution in [3.05, 3.63) is 29.6 Å². The van der Waals surface area contributed by atoms with Crippen LogP contribution >= 0.6 is 0 Å². The highest BCUT2D eigenvalue weighted by Crippen LogP contribution is 2.33. The number of nitriles is 1. The van der Waals surface area contributed by atoms with Crippen LogP contribution < -0.4 is 0 Å². The summed E-state index contributed by atoms with van der Waals surface area (Å²) in [6.45, 7) is 0. The quantitative estimate of drug-likeness (QED) is 0.764. The van der Waals surface area contributed by atoms with Gasteiger partial charge in [0.05, 0.1) is 11.1 Å². The zero-order valence-corrected chi connectivity index (χ0v) is 10.7. The molecule has 0 radical (unpaired) electrons. The molecule has 1 heterocycles. The standard InChI is InChI=1S/C15H17N3/c1-18-13-9-5-8-12(10-16)14(13)17-15(18)11-6-3-2-4-7-11/h5,8-9,11H,2-4,6-7H2,1H3. The third-order valence-electron chi connectivity index (χ3n) is 4.04. The second kappa shape index (κ2) is 4.45. The van der Waals surface area contributed by atoms with Crippen molar-refractivity contribution in [2.75, 3.05) is 0 Å². The van der Waals surface area contributed by atoms with Gasteiger partial charge in [-0.25, -0.2) is 4.98 Å². The van der Waals surface area contributed by atoms with Gasteiger partial charge in [0.15, 0.2) is 0 Å². The van der Waals surface area contributed by atoms with Crippen molar-refractivity contribution < 1.29 is 0 Å². The lowest BCUT2D eigenvalue weighted by molar-refractivity contribution is 0.423. The number of fused-ring (bicyclic) bond motifs is 1. The van der Waals surface area contributed by atoms with Crippen LogP contribution in [0.4, 0.5) is 0 Å². The minimum Gasteiger partial charge on any atom is -0.331 e. The molecule has 1 saturated carbocycles. The molecular formula is C15H17N3. The molecule has 0 saturated heterocycles. The van der Waals surface area contributed by atoms with Gasteiger partial charge in [-0.15, -0.1) is 0 Å². The molecule has 3 nitrogen and oxygen atoms in total. The lowest BCUT2D eigenvalue weighted by Crippen LogP contribution is -2.09. The highest BCUT2D eigenvalue weighted by atomic mass is 15.1. The first-order valence-electron chi connectivity index (χ1n) is 6.66. The molecule has 0 bridgehead atoms. The Morgan fingerprint density at radius 3 is 2.78 bits per heavy atom. The SMILES string of the molecule is Cn1c(C2CCCCC2)nc2c(C#N)cccc21. The van der Waals surface area contributed by atoms with Crippen LogP contribution in [0.3, 0.4) is 0 Å². The number of nitrogens with zero attached hydrogens (tertiary/aromatic N) is 3. The Morgan fingerprint density at radius 1 is 1.28 bits per heavy atom. The number of hydrogen-bond acceptors (Lipinski definition) is 2. The number of aryl methyl sites for hydroxylation is 1. The van der Waals surface area contributed by atoms with Crippen LogP contribution in [0.2, 0.25) is 0 Å². The first-order chi connectivity index (χ1) is 8.81. The molecule has 0 aliphatic heterocycles. The Hall–Kier alpha value is -1.82. The van der Waals surface area contributed by atoms with E-state index >= 15 is 0 Å². The van der Waals surface area contributed by atoms with Crippen molar-refractivity contribution >= 4 is 11.0 Å². The smallest absolute Gasteiger partial charge is 0.112 e. The third-order valence-corrected chi connectivity index (χ3v) is 4.04. The van der Waals surface area contributed by atoms with Gasteiger partial charge in [-0.3, -0.25) is 0 Å². The fraction of sp³-hybridized carbons (Fsp3) is 0.467. The van der Waals surface area contributed by atoms with Gasteiger partial charge < -0.3 is 4.57 Å². The molecule has 18 heavy (non-hydrogen) atoms. The van der Waals surface area contributed by atoms with E-state index in [4.69, 9.17) is 10.2 Å². The minimum absolute atomic E-state index is 0.572. The summed E-state index contributed by atoms with van der Waals surface area (Å²) in [7, 11) is 2.07. The molecule has 2 aromatic rings. The zero-order valence-electron chi connectivity index (χ0n) is 10.7. The van der Waals surface area contributed by atoms with Crippen LogP contribution in [0.5, 0.6) is 0 Å². The molecule has 1 aliphatic carbocycles. The first kappa shape index (κ1) is 11.3. The van der Waals surface area contributed by atoms with E-state index in [0.29, 0.717) is 11.5 Å². The Morgan fingerprint density at radius 2 is 2.06 bits per heavy atom. The monoisotopic (exact) mass is 239 g/mol. The van der Waals surface area contributed by atoms with Crippen molar-refractivity contribution in [1.82, 2.24) is 9.55 Å². The van der Waals surface area contributed by atoms with Gasteiger partial charge >= 0.3 is 0 Å². The lowest BCUT2D eigenvalue weighted by Gasteiger charge is -2.20. The number of imidazole rings is 1. The second-order valence-electron chi connectivity index (χ2n) is 5.15.